The number of fused-ring (bicyclic) bond motifs is 1. The number of hydrogen-bond donors (Lipinski definition) is 1. The molecule has 2 aromatic rings. The molecule has 0 unspecified atom stereocenters. The monoisotopic (exact) mass is 426 g/mol. The first-order valence-electron chi connectivity index (χ1n) is 10.6. The lowest BCUT2D eigenvalue weighted by Crippen LogP contribution is -2.43. The van der Waals surface area contributed by atoms with Crippen molar-refractivity contribution in [3.8, 4) is 11.5 Å². The molecule has 0 aromatic heterocycles. The number of nitrogens with one attached hydrogen (secondary N) is 1. The summed E-state index contributed by atoms with van der Waals surface area (Å²) >= 11 is 0. The number of anilines is 1. The molecule has 31 heavy (non-hydrogen) atoms. The summed E-state index contributed by atoms with van der Waals surface area (Å²) < 4.78 is 16.4. The smallest absolute Gasteiger partial charge is 0.322 e. The summed E-state index contributed by atoms with van der Waals surface area (Å²) in [6.45, 7) is 7.31. The van der Waals surface area contributed by atoms with Crippen molar-refractivity contribution in [2.75, 3.05) is 32.2 Å². The second-order valence-electron chi connectivity index (χ2n) is 7.40. The number of benzene rings is 2. The summed E-state index contributed by atoms with van der Waals surface area (Å²) in [5.74, 6) is 0.911. The molecular formula is C24H30N2O5. The maximum Gasteiger partial charge on any atom is 0.322 e. The van der Waals surface area contributed by atoms with Crippen molar-refractivity contribution >= 4 is 17.7 Å². The van der Waals surface area contributed by atoms with Gasteiger partial charge in [-0.2, -0.15) is 0 Å². The van der Waals surface area contributed by atoms with Crippen molar-refractivity contribution in [1.82, 2.24) is 4.90 Å². The second kappa shape index (κ2) is 10.2. The van der Waals surface area contributed by atoms with E-state index in [4.69, 9.17) is 14.2 Å². The lowest BCUT2D eigenvalue weighted by molar-refractivity contribution is -0.141. The Hall–Kier alpha value is -3.22. The predicted molar refractivity (Wildman–Crippen MR) is 119 cm³/mol. The van der Waals surface area contributed by atoms with E-state index in [2.05, 4.69) is 5.32 Å². The van der Waals surface area contributed by atoms with Crippen molar-refractivity contribution in [3.05, 3.63) is 53.1 Å². The fourth-order valence-electron chi connectivity index (χ4n) is 3.78. The van der Waals surface area contributed by atoms with Gasteiger partial charge in [-0.1, -0.05) is 17.7 Å². The van der Waals surface area contributed by atoms with E-state index in [9.17, 15) is 9.59 Å². The summed E-state index contributed by atoms with van der Waals surface area (Å²) in [4.78, 5) is 27.0. The molecule has 0 aliphatic carbocycles. The molecule has 1 aliphatic heterocycles. The maximum atomic E-state index is 13.1. The molecule has 7 heteroatoms. The van der Waals surface area contributed by atoms with E-state index in [0.29, 0.717) is 43.4 Å². The number of urea groups is 1. The number of rotatable bonds is 7. The summed E-state index contributed by atoms with van der Waals surface area (Å²) in [5, 5.41) is 2.94. The molecule has 3 rings (SSSR count). The third kappa shape index (κ3) is 5.29. The molecule has 1 atom stereocenters. The van der Waals surface area contributed by atoms with Gasteiger partial charge in [-0.3, -0.25) is 4.79 Å². The van der Waals surface area contributed by atoms with Gasteiger partial charge >= 0.3 is 12.0 Å². The fraction of sp³-hybridized carbons (Fsp3) is 0.417. The van der Waals surface area contributed by atoms with Crippen LogP contribution in [0.4, 0.5) is 10.5 Å². The summed E-state index contributed by atoms with van der Waals surface area (Å²) in [5.41, 5.74) is 3.74. The highest BCUT2D eigenvalue weighted by Gasteiger charge is 2.34. The van der Waals surface area contributed by atoms with Gasteiger partial charge in [0.25, 0.3) is 0 Å². The minimum atomic E-state index is -0.462. The van der Waals surface area contributed by atoms with Crippen molar-refractivity contribution in [2.24, 2.45) is 0 Å². The van der Waals surface area contributed by atoms with Crippen molar-refractivity contribution in [2.45, 2.75) is 39.7 Å². The van der Waals surface area contributed by atoms with E-state index < -0.39 is 6.04 Å². The Kier molecular flexibility index (Phi) is 7.39. The molecule has 0 saturated carbocycles. The molecule has 0 saturated heterocycles. The van der Waals surface area contributed by atoms with Crippen LogP contribution in [0.15, 0.2) is 36.4 Å². The Morgan fingerprint density at radius 1 is 1.06 bits per heavy atom. The Morgan fingerprint density at radius 2 is 1.71 bits per heavy atom. The normalized spacial score (nSPS) is 15.1. The third-order valence-corrected chi connectivity index (χ3v) is 5.31. The van der Waals surface area contributed by atoms with Crippen LogP contribution < -0.4 is 14.8 Å². The average Bonchev–Trinajstić information content (AvgIpc) is 2.76. The number of amides is 2. The fourth-order valence-corrected chi connectivity index (χ4v) is 3.78. The van der Waals surface area contributed by atoms with Crippen LogP contribution in [0.1, 0.15) is 43.0 Å². The Bertz CT molecular complexity index is 926. The van der Waals surface area contributed by atoms with E-state index in [-0.39, 0.29) is 18.4 Å². The molecule has 0 bridgehead atoms. The van der Waals surface area contributed by atoms with Gasteiger partial charge in [-0.15, -0.1) is 0 Å². The largest absolute Gasteiger partial charge is 0.490 e. The molecule has 0 radical (unpaired) electrons. The minimum Gasteiger partial charge on any atom is -0.490 e. The van der Waals surface area contributed by atoms with E-state index in [1.807, 2.05) is 57.2 Å². The summed E-state index contributed by atoms with van der Waals surface area (Å²) in [6.07, 6.45) is 0.713. The third-order valence-electron chi connectivity index (χ3n) is 5.31. The summed E-state index contributed by atoms with van der Waals surface area (Å²) in [7, 11) is 1.35. The van der Waals surface area contributed by atoms with Crippen LogP contribution in [-0.4, -0.2) is 43.8 Å². The molecule has 1 N–H and O–H groups in total. The molecular weight excluding hydrogens is 396 g/mol. The maximum absolute atomic E-state index is 13.1. The number of esters is 1. The molecule has 0 spiro atoms. The molecule has 1 heterocycles. The molecule has 7 nitrogen and oxygen atoms in total. The van der Waals surface area contributed by atoms with Crippen LogP contribution in [0, 0.1) is 6.92 Å². The van der Waals surface area contributed by atoms with Crippen LogP contribution in [0.25, 0.3) is 0 Å². The zero-order chi connectivity index (χ0) is 22.4. The standard InChI is InChI=1S/C24H30N2O5/c1-5-30-21-13-17-11-12-26(24(28)25-18-9-7-16(3)8-10-18)20(15-23(27)29-4)19(17)14-22(21)31-6-2/h7-10,13-14,20H,5-6,11-12,15H2,1-4H3,(H,25,28)/t20-/m1/s1. The topological polar surface area (TPSA) is 77.1 Å². The van der Waals surface area contributed by atoms with Gasteiger partial charge in [0.2, 0.25) is 0 Å². The molecule has 2 aromatic carbocycles. The van der Waals surface area contributed by atoms with Crippen LogP contribution in [0.3, 0.4) is 0 Å². The lowest BCUT2D eigenvalue weighted by Gasteiger charge is -2.37. The van der Waals surface area contributed by atoms with Crippen LogP contribution in [0.2, 0.25) is 0 Å². The molecule has 0 fully saturated rings. The predicted octanol–water partition coefficient (Wildman–Crippen LogP) is 4.49. The van der Waals surface area contributed by atoms with E-state index in [1.54, 1.807) is 4.90 Å². The van der Waals surface area contributed by atoms with E-state index in [0.717, 1.165) is 16.7 Å². The Morgan fingerprint density at radius 3 is 2.32 bits per heavy atom. The van der Waals surface area contributed by atoms with Crippen molar-refractivity contribution in [1.29, 1.82) is 0 Å². The lowest BCUT2D eigenvalue weighted by atomic mass is 9.90. The van der Waals surface area contributed by atoms with Gasteiger partial charge in [0.05, 0.1) is 32.8 Å². The van der Waals surface area contributed by atoms with Crippen LogP contribution in [-0.2, 0) is 16.0 Å². The van der Waals surface area contributed by atoms with Crippen LogP contribution >= 0.6 is 0 Å². The Balaban J connectivity index is 1.94. The quantitative estimate of drug-likeness (QED) is 0.660. The zero-order valence-corrected chi connectivity index (χ0v) is 18.6. The van der Waals surface area contributed by atoms with Crippen molar-refractivity contribution in [3.63, 3.8) is 0 Å². The zero-order valence-electron chi connectivity index (χ0n) is 18.6. The van der Waals surface area contributed by atoms with Gasteiger partial charge in [-0.25, -0.2) is 4.79 Å². The SMILES string of the molecule is CCOc1cc2c(cc1OCC)[C@@H](CC(=O)OC)N(C(=O)Nc1ccc(C)cc1)CC2. The van der Waals surface area contributed by atoms with Gasteiger partial charge in [-0.05, 0) is 62.6 Å². The Labute approximate surface area is 183 Å². The second-order valence-corrected chi connectivity index (χ2v) is 7.40. The summed E-state index contributed by atoms with van der Waals surface area (Å²) in [6, 6.07) is 10.7. The van der Waals surface area contributed by atoms with Gasteiger partial charge in [0, 0.05) is 12.2 Å². The number of carbonyl (C=O) groups excluding carboxylic acids is 2. The highest BCUT2D eigenvalue weighted by atomic mass is 16.5. The highest BCUT2D eigenvalue weighted by molar-refractivity contribution is 5.90. The first-order chi connectivity index (χ1) is 15.0. The number of hydrogen-bond acceptors (Lipinski definition) is 5. The van der Waals surface area contributed by atoms with Gasteiger partial charge < -0.3 is 24.4 Å². The minimum absolute atomic E-state index is 0.0599. The number of aryl methyl sites for hydroxylation is 1. The molecule has 1 aliphatic rings. The average molecular weight is 427 g/mol. The first kappa shape index (κ1) is 22.5. The molecule has 2 amide bonds. The number of methoxy groups -OCH3 is 1. The van der Waals surface area contributed by atoms with Gasteiger partial charge in [0.15, 0.2) is 11.5 Å². The highest BCUT2D eigenvalue weighted by Crippen LogP contribution is 2.40. The van der Waals surface area contributed by atoms with E-state index in [1.165, 1.54) is 7.11 Å². The van der Waals surface area contributed by atoms with Crippen LogP contribution in [0.5, 0.6) is 11.5 Å². The number of carbonyl (C=O) groups is 2. The van der Waals surface area contributed by atoms with Crippen molar-refractivity contribution < 1.29 is 23.8 Å². The van der Waals surface area contributed by atoms with E-state index >= 15 is 0 Å². The number of nitrogens with zero attached hydrogens (tertiary/aromatic N) is 1. The molecule has 166 valence electrons. The van der Waals surface area contributed by atoms with Gasteiger partial charge in [0.1, 0.15) is 0 Å². The number of ether oxygens (including phenoxy) is 3. The first-order valence-corrected chi connectivity index (χ1v) is 10.6.